The van der Waals surface area contributed by atoms with Crippen molar-refractivity contribution in [1.82, 2.24) is 4.57 Å². The monoisotopic (exact) mass is 474 g/mol. The minimum Gasteiger partial charge on any atom is -0.507 e. The summed E-state index contributed by atoms with van der Waals surface area (Å²) in [4.78, 5) is 28.0. The predicted molar refractivity (Wildman–Crippen MR) is 130 cm³/mol. The first-order valence-corrected chi connectivity index (χ1v) is 11.0. The van der Waals surface area contributed by atoms with Gasteiger partial charge >= 0.3 is 0 Å². The normalized spacial score (nSPS) is 17.6. The second-order valence-electron chi connectivity index (χ2n) is 8.33. The molecule has 4 aromatic rings. The van der Waals surface area contributed by atoms with E-state index in [9.17, 15) is 19.1 Å². The van der Waals surface area contributed by atoms with Crippen LogP contribution in [-0.4, -0.2) is 21.4 Å². The summed E-state index contributed by atoms with van der Waals surface area (Å²) in [5, 5.41) is 12.5. The second-order valence-corrected chi connectivity index (χ2v) is 8.76. The average Bonchev–Trinajstić information content (AvgIpc) is 3.29. The molecule has 1 amide bonds. The SMILES string of the molecule is Cc1cc(/C(O)=C2\C(=O)C(=O)N(c3cccc(Cl)c3)C2c2cn(C)c3ccccc23)ccc1F. The molecular formula is C27H20ClFN2O3. The van der Waals surface area contributed by atoms with E-state index in [4.69, 9.17) is 11.6 Å². The number of carbonyl (C=O) groups is 2. The number of benzene rings is 3. The Kier molecular flexibility index (Phi) is 5.25. The Hall–Kier alpha value is -3.90. The number of halogens is 2. The van der Waals surface area contributed by atoms with Gasteiger partial charge in [0.05, 0.1) is 11.6 Å². The molecule has 34 heavy (non-hydrogen) atoms. The van der Waals surface area contributed by atoms with Crippen LogP contribution in [0.25, 0.3) is 16.7 Å². The van der Waals surface area contributed by atoms with E-state index in [1.165, 1.54) is 23.1 Å². The Morgan fingerprint density at radius 2 is 1.79 bits per heavy atom. The number of amides is 1. The summed E-state index contributed by atoms with van der Waals surface area (Å²) in [6, 6.07) is 17.5. The van der Waals surface area contributed by atoms with Crippen LogP contribution in [-0.2, 0) is 16.6 Å². The zero-order chi connectivity index (χ0) is 24.1. The van der Waals surface area contributed by atoms with Gasteiger partial charge in [-0.25, -0.2) is 4.39 Å². The van der Waals surface area contributed by atoms with Gasteiger partial charge in [0.15, 0.2) is 0 Å². The third-order valence-electron chi connectivity index (χ3n) is 6.18. The van der Waals surface area contributed by atoms with Gasteiger partial charge in [-0.2, -0.15) is 0 Å². The average molecular weight is 475 g/mol. The van der Waals surface area contributed by atoms with Crippen LogP contribution in [0.2, 0.25) is 5.02 Å². The number of aromatic nitrogens is 1. The van der Waals surface area contributed by atoms with Gasteiger partial charge in [0.2, 0.25) is 0 Å². The van der Waals surface area contributed by atoms with Crippen LogP contribution < -0.4 is 4.90 Å². The van der Waals surface area contributed by atoms with Gasteiger partial charge in [0.25, 0.3) is 11.7 Å². The van der Waals surface area contributed by atoms with E-state index in [0.717, 1.165) is 10.9 Å². The molecule has 0 saturated carbocycles. The number of aryl methyl sites for hydroxylation is 2. The van der Waals surface area contributed by atoms with Crippen molar-refractivity contribution in [3.63, 3.8) is 0 Å². The number of Topliss-reactive ketones (excluding diaryl/α,β-unsaturated/α-hetero) is 1. The fourth-order valence-electron chi connectivity index (χ4n) is 4.56. The molecule has 1 aromatic heterocycles. The number of aliphatic hydroxyl groups is 1. The highest BCUT2D eigenvalue weighted by atomic mass is 35.5. The van der Waals surface area contributed by atoms with Gasteiger partial charge < -0.3 is 9.67 Å². The number of para-hydroxylation sites is 1. The molecule has 0 aliphatic carbocycles. The van der Waals surface area contributed by atoms with E-state index in [-0.39, 0.29) is 16.9 Å². The summed E-state index contributed by atoms with van der Waals surface area (Å²) in [6.07, 6.45) is 1.85. The van der Waals surface area contributed by atoms with Crippen molar-refractivity contribution in [2.24, 2.45) is 7.05 Å². The lowest BCUT2D eigenvalue weighted by molar-refractivity contribution is -0.132. The lowest BCUT2D eigenvalue weighted by Gasteiger charge is -2.25. The summed E-state index contributed by atoms with van der Waals surface area (Å²) in [6.45, 7) is 1.57. The molecule has 5 rings (SSSR count). The molecule has 1 atom stereocenters. The van der Waals surface area contributed by atoms with Crippen LogP contribution in [0.3, 0.4) is 0 Å². The minimum absolute atomic E-state index is 0.0627. The van der Waals surface area contributed by atoms with Crippen molar-refractivity contribution in [2.45, 2.75) is 13.0 Å². The number of rotatable bonds is 3. The zero-order valence-corrected chi connectivity index (χ0v) is 19.2. The van der Waals surface area contributed by atoms with Crippen molar-refractivity contribution in [2.75, 3.05) is 4.90 Å². The van der Waals surface area contributed by atoms with Crippen LogP contribution in [0.5, 0.6) is 0 Å². The molecule has 3 aromatic carbocycles. The molecule has 7 heteroatoms. The van der Waals surface area contributed by atoms with Crippen LogP contribution in [0.1, 0.15) is 22.7 Å². The summed E-state index contributed by atoms with van der Waals surface area (Å²) >= 11 is 6.20. The predicted octanol–water partition coefficient (Wildman–Crippen LogP) is 5.91. The molecule has 170 valence electrons. The summed E-state index contributed by atoms with van der Waals surface area (Å²) < 4.78 is 15.8. The number of nitrogens with zero attached hydrogens (tertiary/aromatic N) is 2. The van der Waals surface area contributed by atoms with Crippen LogP contribution >= 0.6 is 11.6 Å². The largest absolute Gasteiger partial charge is 0.507 e. The number of hydrogen-bond acceptors (Lipinski definition) is 3. The van der Waals surface area contributed by atoms with E-state index >= 15 is 0 Å². The van der Waals surface area contributed by atoms with Crippen LogP contribution in [0.4, 0.5) is 10.1 Å². The summed E-state index contributed by atoms with van der Waals surface area (Å²) in [5.74, 6) is -2.39. The van der Waals surface area contributed by atoms with Gasteiger partial charge in [-0.15, -0.1) is 0 Å². The first-order chi connectivity index (χ1) is 16.3. The number of anilines is 1. The molecule has 2 heterocycles. The molecule has 0 bridgehead atoms. The highest BCUT2D eigenvalue weighted by Gasteiger charge is 2.48. The first-order valence-electron chi connectivity index (χ1n) is 10.6. The number of aliphatic hydroxyl groups excluding tert-OH is 1. The van der Waals surface area contributed by atoms with E-state index in [1.807, 2.05) is 42.1 Å². The molecule has 1 unspecified atom stereocenters. The van der Waals surface area contributed by atoms with E-state index in [2.05, 4.69) is 0 Å². The number of ketones is 1. The van der Waals surface area contributed by atoms with Crippen molar-refractivity contribution in [1.29, 1.82) is 0 Å². The smallest absolute Gasteiger partial charge is 0.300 e. The fourth-order valence-corrected chi connectivity index (χ4v) is 4.74. The molecule has 1 aliphatic rings. The molecule has 0 spiro atoms. The highest BCUT2D eigenvalue weighted by Crippen LogP contribution is 2.45. The maximum atomic E-state index is 13.9. The van der Waals surface area contributed by atoms with Crippen molar-refractivity contribution < 1.29 is 19.1 Å². The maximum Gasteiger partial charge on any atom is 0.300 e. The lowest BCUT2D eigenvalue weighted by Crippen LogP contribution is -2.29. The molecular weight excluding hydrogens is 455 g/mol. The standard InChI is InChI=1S/C27H20ClFN2O3/c1-15-12-16(10-11-21(15)29)25(32)23-24(20-14-30(2)22-9-4-3-8-19(20)22)31(27(34)26(23)33)18-7-5-6-17(28)13-18/h3-14,24,32H,1-2H3/b25-23+. The molecule has 5 nitrogen and oxygen atoms in total. The number of carbonyl (C=O) groups excluding carboxylic acids is 2. The van der Waals surface area contributed by atoms with Crippen molar-refractivity contribution >= 4 is 45.6 Å². The van der Waals surface area contributed by atoms with Crippen molar-refractivity contribution in [3.8, 4) is 0 Å². The third-order valence-corrected chi connectivity index (χ3v) is 6.42. The second kappa shape index (κ2) is 8.15. The molecule has 1 N–H and O–H groups in total. The summed E-state index contributed by atoms with van der Waals surface area (Å²) in [7, 11) is 1.88. The topological polar surface area (TPSA) is 62.5 Å². The summed E-state index contributed by atoms with van der Waals surface area (Å²) in [5.41, 5.74) is 2.53. The Balaban J connectivity index is 1.81. The molecule has 1 aliphatic heterocycles. The minimum atomic E-state index is -0.907. The third kappa shape index (κ3) is 3.38. The Bertz CT molecular complexity index is 1520. The Morgan fingerprint density at radius 3 is 2.53 bits per heavy atom. The van der Waals surface area contributed by atoms with Crippen LogP contribution in [0.15, 0.2) is 78.5 Å². The lowest BCUT2D eigenvalue weighted by atomic mass is 9.94. The Labute approximate surface area is 200 Å². The van der Waals surface area contributed by atoms with Gasteiger partial charge in [-0.05, 0) is 55.0 Å². The van der Waals surface area contributed by atoms with Crippen LogP contribution in [0, 0.1) is 12.7 Å². The quantitative estimate of drug-likeness (QED) is 0.228. The zero-order valence-electron chi connectivity index (χ0n) is 18.4. The van der Waals surface area contributed by atoms with Gasteiger partial charge in [0.1, 0.15) is 11.6 Å². The first kappa shape index (κ1) is 21.9. The van der Waals surface area contributed by atoms with Gasteiger partial charge in [-0.1, -0.05) is 35.9 Å². The number of fused-ring (bicyclic) bond motifs is 1. The number of hydrogen-bond donors (Lipinski definition) is 1. The van der Waals surface area contributed by atoms with E-state index in [1.54, 1.807) is 31.2 Å². The van der Waals surface area contributed by atoms with E-state index < -0.39 is 23.5 Å². The fraction of sp³-hybridized carbons (Fsp3) is 0.111. The molecule has 1 fully saturated rings. The molecule has 0 radical (unpaired) electrons. The molecule has 1 saturated heterocycles. The maximum absolute atomic E-state index is 13.9. The van der Waals surface area contributed by atoms with E-state index in [0.29, 0.717) is 21.8 Å². The Morgan fingerprint density at radius 1 is 1.03 bits per heavy atom. The van der Waals surface area contributed by atoms with Gasteiger partial charge in [0, 0.05) is 46.0 Å². The highest BCUT2D eigenvalue weighted by molar-refractivity contribution is 6.52. The van der Waals surface area contributed by atoms with Crippen molar-refractivity contribution in [3.05, 3.63) is 106 Å². The van der Waals surface area contributed by atoms with Gasteiger partial charge in [-0.3, -0.25) is 14.5 Å².